The molecule has 0 radical (unpaired) electrons. The van der Waals surface area contributed by atoms with Crippen LogP contribution in [0.25, 0.3) is 0 Å². The molecule has 1 aromatic carbocycles. The van der Waals surface area contributed by atoms with Crippen LogP contribution in [0.2, 0.25) is 0 Å². The number of carbonyl (C=O) groups is 1. The first kappa shape index (κ1) is 21.0. The van der Waals surface area contributed by atoms with Crippen molar-refractivity contribution in [1.82, 2.24) is 10.2 Å². The molecular formula is C21H32N2O5. The molecular weight excluding hydrogens is 360 g/mol. The average molecular weight is 392 g/mol. The number of ether oxygens (including phenoxy) is 3. The number of likely N-dealkylation sites (tertiary alicyclic amines) is 1. The first-order chi connectivity index (χ1) is 13.1. The SMILES string of the molecule is CC(C)(C)OC(=O)N1CC2OC(C)(C)OC2C1CNC(CO)c1ccccc1. The van der Waals surface area contributed by atoms with Crippen LogP contribution in [0.15, 0.2) is 30.3 Å². The summed E-state index contributed by atoms with van der Waals surface area (Å²) in [6.07, 6.45) is -0.817. The van der Waals surface area contributed by atoms with E-state index in [1.54, 1.807) is 4.90 Å². The monoisotopic (exact) mass is 392 g/mol. The van der Waals surface area contributed by atoms with E-state index in [1.807, 2.05) is 65.0 Å². The second kappa shape index (κ2) is 7.99. The lowest BCUT2D eigenvalue weighted by molar-refractivity contribution is -0.160. The third-order valence-electron chi connectivity index (χ3n) is 4.96. The molecule has 1 aromatic rings. The van der Waals surface area contributed by atoms with Crippen LogP contribution in [0.5, 0.6) is 0 Å². The van der Waals surface area contributed by atoms with Crippen LogP contribution in [-0.4, -0.2) is 65.4 Å². The lowest BCUT2D eigenvalue weighted by Gasteiger charge is -2.32. The Morgan fingerprint density at radius 1 is 1.32 bits per heavy atom. The molecule has 2 N–H and O–H groups in total. The molecule has 0 bridgehead atoms. The zero-order valence-corrected chi connectivity index (χ0v) is 17.3. The summed E-state index contributed by atoms with van der Waals surface area (Å²) >= 11 is 0. The minimum absolute atomic E-state index is 0.0416. The van der Waals surface area contributed by atoms with Gasteiger partial charge in [0.05, 0.1) is 25.2 Å². The van der Waals surface area contributed by atoms with Gasteiger partial charge in [0.1, 0.15) is 17.8 Å². The van der Waals surface area contributed by atoms with E-state index in [2.05, 4.69) is 5.32 Å². The fourth-order valence-corrected chi connectivity index (χ4v) is 3.83. The summed E-state index contributed by atoms with van der Waals surface area (Å²) in [6, 6.07) is 9.28. The Kier molecular flexibility index (Phi) is 6.00. The minimum atomic E-state index is -0.677. The van der Waals surface area contributed by atoms with Crippen molar-refractivity contribution in [2.24, 2.45) is 0 Å². The first-order valence-corrected chi connectivity index (χ1v) is 9.84. The molecule has 2 saturated heterocycles. The largest absolute Gasteiger partial charge is 0.444 e. The number of hydrogen-bond donors (Lipinski definition) is 2. The van der Waals surface area contributed by atoms with E-state index in [4.69, 9.17) is 14.2 Å². The molecule has 2 heterocycles. The summed E-state index contributed by atoms with van der Waals surface area (Å²) in [6.45, 7) is 10.2. The van der Waals surface area contributed by atoms with E-state index in [-0.39, 0.29) is 37.0 Å². The number of rotatable bonds is 5. The number of carbonyl (C=O) groups excluding carboxylic acids is 1. The number of nitrogens with zero attached hydrogens (tertiary/aromatic N) is 1. The molecule has 7 nitrogen and oxygen atoms in total. The smallest absolute Gasteiger partial charge is 0.410 e. The van der Waals surface area contributed by atoms with Crippen molar-refractivity contribution in [3.8, 4) is 0 Å². The lowest BCUT2D eigenvalue weighted by atomic mass is 10.1. The van der Waals surface area contributed by atoms with Gasteiger partial charge in [0.15, 0.2) is 5.79 Å². The molecule has 1 amide bonds. The van der Waals surface area contributed by atoms with Gasteiger partial charge in [0, 0.05) is 6.54 Å². The predicted octanol–water partition coefficient (Wildman–Crippen LogP) is 2.45. The Morgan fingerprint density at radius 3 is 2.61 bits per heavy atom. The molecule has 2 fully saturated rings. The number of fused-ring (bicyclic) bond motifs is 1. The Hall–Kier alpha value is -1.67. The maximum atomic E-state index is 12.8. The molecule has 0 saturated carbocycles. The number of aliphatic hydroxyl groups excluding tert-OH is 1. The Labute approximate surface area is 166 Å². The standard InChI is InChI=1S/C21H32N2O5/c1-20(2,3)28-19(25)23-12-17-18(27-21(4,5)26-17)16(23)11-22-15(13-24)14-9-7-6-8-10-14/h6-10,15-18,22,24H,11-13H2,1-5H3. The molecule has 0 aromatic heterocycles. The predicted molar refractivity (Wildman–Crippen MR) is 105 cm³/mol. The van der Waals surface area contributed by atoms with Gasteiger partial charge in [0.2, 0.25) is 0 Å². The van der Waals surface area contributed by atoms with Crippen LogP contribution in [0.3, 0.4) is 0 Å². The summed E-state index contributed by atoms with van der Waals surface area (Å²) in [5.74, 6) is -0.677. The van der Waals surface area contributed by atoms with E-state index in [0.29, 0.717) is 13.1 Å². The van der Waals surface area contributed by atoms with Crippen LogP contribution >= 0.6 is 0 Å². The molecule has 28 heavy (non-hydrogen) atoms. The van der Waals surface area contributed by atoms with Crippen molar-refractivity contribution in [2.75, 3.05) is 19.7 Å². The lowest BCUT2D eigenvalue weighted by Crippen LogP contribution is -2.49. The van der Waals surface area contributed by atoms with Gasteiger partial charge in [-0.25, -0.2) is 4.79 Å². The summed E-state index contributed by atoms with van der Waals surface area (Å²) in [4.78, 5) is 14.4. The summed E-state index contributed by atoms with van der Waals surface area (Å²) in [5.41, 5.74) is 0.415. The average Bonchev–Trinajstić information content (AvgIpc) is 3.07. The van der Waals surface area contributed by atoms with Gasteiger partial charge in [-0.15, -0.1) is 0 Å². The topological polar surface area (TPSA) is 80.3 Å². The Balaban J connectivity index is 1.74. The highest BCUT2D eigenvalue weighted by atomic mass is 16.8. The summed E-state index contributed by atoms with van der Waals surface area (Å²) < 4.78 is 17.7. The van der Waals surface area contributed by atoms with E-state index < -0.39 is 11.4 Å². The van der Waals surface area contributed by atoms with Crippen molar-refractivity contribution in [3.63, 3.8) is 0 Å². The molecule has 4 unspecified atom stereocenters. The zero-order valence-electron chi connectivity index (χ0n) is 17.3. The fourth-order valence-electron chi connectivity index (χ4n) is 3.83. The van der Waals surface area contributed by atoms with Crippen LogP contribution in [0.4, 0.5) is 4.79 Å². The number of nitrogens with one attached hydrogen (secondary N) is 1. The number of hydrogen-bond acceptors (Lipinski definition) is 6. The minimum Gasteiger partial charge on any atom is -0.444 e. The highest BCUT2D eigenvalue weighted by molar-refractivity contribution is 5.69. The number of benzene rings is 1. The van der Waals surface area contributed by atoms with Crippen molar-refractivity contribution >= 4 is 6.09 Å². The zero-order chi connectivity index (χ0) is 20.5. The van der Waals surface area contributed by atoms with Crippen molar-refractivity contribution in [1.29, 1.82) is 0 Å². The third kappa shape index (κ3) is 4.84. The van der Waals surface area contributed by atoms with Crippen molar-refractivity contribution < 1.29 is 24.1 Å². The maximum absolute atomic E-state index is 12.8. The molecule has 2 aliphatic rings. The Bertz CT molecular complexity index is 673. The van der Waals surface area contributed by atoms with Crippen molar-refractivity contribution in [2.45, 2.75) is 70.3 Å². The number of amides is 1. The van der Waals surface area contributed by atoms with Crippen LogP contribution in [0.1, 0.15) is 46.2 Å². The molecule has 2 aliphatic heterocycles. The number of aliphatic hydroxyl groups is 1. The van der Waals surface area contributed by atoms with Gasteiger partial charge in [-0.2, -0.15) is 0 Å². The molecule has 3 rings (SSSR count). The molecule has 4 atom stereocenters. The highest BCUT2D eigenvalue weighted by Gasteiger charge is 2.54. The van der Waals surface area contributed by atoms with E-state index in [9.17, 15) is 9.90 Å². The second-order valence-electron chi connectivity index (χ2n) is 8.89. The van der Waals surface area contributed by atoms with Crippen LogP contribution in [-0.2, 0) is 14.2 Å². The van der Waals surface area contributed by atoms with E-state index >= 15 is 0 Å². The third-order valence-corrected chi connectivity index (χ3v) is 4.96. The molecule has 156 valence electrons. The summed E-state index contributed by atoms with van der Waals surface area (Å²) in [5, 5.41) is 13.2. The van der Waals surface area contributed by atoms with Gasteiger partial charge < -0.3 is 24.6 Å². The van der Waals surface area contributed by atoms with Crippen LogP contribution < -0.4 is 5.32 Å². The summed E-state index contributed by atoms with van der Waals surface area (Å²) in [7, 11) is 0. The first-order valence-electron chi connectivity index (χ1n) is 9.84. The quantitative estimate of drug-likeness (QED) is 0.801. The van der Waals surface area contributed by atoms with Gasteiger partial charge >= 0.3 is 6.09 Å². The van der Waals surface area contributed by atoms with E-state index in [1.165, 1.54) is 0 Å². The van der Waals surface area contributed by atoms with Crippen LogP contribution in [0, 0.1) is 0 Å². The van der Waals surface area contributed by atoms with Gasteiger partial charge in [-0.05, 0) is 40.2 Å². The molecule has 0 spiro atoms. The second-order valence-corrected chi connectivity index (χ2v) is 8.89. The normalized spacial score (nSPS) is 27.5. The highest BCUT2D eigenvalue weighted by Crippen LogP contribution is 2.37. The van der Waals surface area contributed by atoms with Gasteiger partial charge in [0.25, 0.3) is 0 Å². The van der Waals surface area contributed by atoms with E-state index in [0.717, 1.165) is 5.56 Å². The van der Waals surface area contributed by atoms with Gasteiger partial charge in [-0.3, -0.25) is 4.90 Å². The van der Waals surface area contributed by atoms with Gasteiger partial charge in [-0.1, -0.05) is 30.3 Å². The molecule has 7 heteroatoms. The Morgan fingerprint density at radius 2 is 2.00 bits per heavy atom. The maximum Gasteiger partial charge on any atom is 0.410 e. The van der Waals surface area contributed by atoms with Crippen molar-refractivity contribution in [3.05, 3.63) is 35.9 Å². The molecule has 0 aliphatic carbocycles. The fraction of sp³-hybridized carbons (Fsp3) is 0.667.